The zero-order valence-corrected chi connectivity index (χ0v) is 11.7. The molecule has 1 saturated heterocycles. The number of hydrogen-bond acceptors (Lipinski definition) is 3. The molecule has 17 heavy (non-hydrogen) atoms. The van der Waals surface area contributed by atoms with Crippen LogP contribution in [0.1, 0.15) is 26.2 Å². The van der Waals surface area contributed by atoms with Crippen molar-refractivity contribution in [3.05, 3.63) is 0 Å². The fourth-order valence-electron chi connectivity index (χ4n) is 2.11. The van der Waals surface area contributed by atoms with E-state index in [0.717, 1.165) is 12.2 Å². The second kappa shape index (κ2) is 6.89. The van der Waals surface area contributed by atoms with Gasteiger partial charge in [0.1, 0.15) is 0 Å². The van der Waals surface area contributed by atoms with E-state index >= 15 is 0 Å². The zero-order valence-electron chi connectivity index (χ0n) is 10.9. The highest BCUT2D eigenvalue weighted by molar-refractivity contribution is 7.98. The van der Waals surface area contributed by atoms with E-state index in [9.17, 15) is 9.59 Å². The molecule has 0 saturated carbocycles. The summed E-state index contributed by atoms with van der Waals surface area (Å²) in [5.41, 5.74) is 0. The molecule has 5 heteroatoms. The molecule has 1 aliphatic rings. The first-order valence-corrected chi connectivity index (χ1v) is 7.51. The van der Waals surface area contributed by atoms with Crippen LogP contribution in [-0.4, -0.2) is 48.4 Å². The number of carbonyl (C=O) groups is 2. The molecule has 0 aromatic heterocycles. The van der Waals surface area contributed by atoms with Gasteiger partial charge in [-0.25, -0.2) is 0 Å². The molecule has 2 amide bonds. The summed E-state index contributed by atoms with van der Waals surface area (Å²) in [5.74, 6) is 1.17. The average Bonchev–Trinajstić information content (AvgIpc) is 2.35. The van der Waals surface area contributed by atoms with Gasteiger partial charge in [0.25, 0.3) is 0 Å². The van der Waals surface area contributed by atoms with Gasteiger partial charge in [-0.3, -0.25) is 9.59 Å². The van der Waals surface area contributed by atoms with Gasteiger partial charge in [-0.05, 0) is 19.1 Å². The normalized spacial score (nSPS) is 21.8. The minimum Gasteiger partial charge on any atom is -0.355 e. The Labute approximate surface area is 108 Å². The van der Waals surface area contributed by atoms with E-state index in [1.54, 1.807) is 11.8 Å². The van der Waals surface area contributed by atoms with Crippen molar-refractivity contribution in [3.8, 4) is 0 Å². The van der Waals surface area contributed by atoms with E-state index in [2.05, 4.69) is 18.5 Å². The Bertz CT molecular complexity index is 274. The lowest BCUT2D eigenvalue weighted by Crippen LogP contribution is -2.47. The fourth-order valence-corrected chi connectivity index (χ4v) is 2.95. The van der Waals surface area contributed by atoms with Crippen LogP contribution in [0.5, 0.6) is 0 Å². The number of hydrogen-bond donors (Lipinski definition) is 1. The summed E-state index contributed by atoms with van der Waals surface area (Å²) in [4.78, 5) is 25.2. The Kier molecular flexibility index (Phi) is 5.82. The first-order valence-electron chi connectivity index (χ1n) is 6.12. The summed E-state index contributed by atoms with van der Waals surface area (Å²) in [6.07, 6.45) is 4.19. The lowest BCUT2D eigenvalue weighted by Gasteiger charge is -2.32. The molecule has 2 unspecified atom stereocenters. The highest BCUT2D eigenvalue weighted by atomic mass is 32.2. The molecule has 0 spiro atoms. The lowest BCUT2D eigenvalue weighted by molar-refractivity contribution is -0.137. The SMILES string of the molecule is CCC(CSC)N(C)C(=O)C1CCC(=O)NC1. The quantitative estimate of drug-likeness (QED) is 0.804. The van der Waals surface area contributed by atoms with Crippen molar-refractivity contribution >= 4 is 23.6 Å². The van der Waals surface area contributed by atoms with Crippen LogP contribution >= 0.6 is 11.8 Å². The second-order valence-corrected chi connectivity index (χ2v) is 5.42. The molecule has 1 fully saturated rings. The first kappa shape index (κ1) is 14.4. The summed E-state index contributed by atoms with van der Waals surface area (Å²) in [6.45, 7) is 2.60. The molecule has 2 atom stereocenters. The Hall–Kier alpha value is -0.710. The Morgan fingerprint density at radius 2 is 2.35 bits per heavy atom. The van der Waals surface area contributed by atoms with Crippen LogP contribution < -0.4 is 5.32 Å². The monoisotopic (exact) mass is 258 g/mol. The smallest absolute Gasteiger partial charge is 0.227 e. The third kappa shape index (κ3) is 3.91. The summed E-state index contributed by atoms with van der Waals surface area (Å²) in [6, 6.07) is 0.301. The van der Waals surface area contributed by atoms with Gasteiger partial charge in [-0.15, -0.1) is 0 Å². The molecular weight excluding hydrogens is 236 g/mol. The molecule has 0 aromatic rings. The molecule has 0 aromatic carbocycles. The standard InChI is InChI=1S/C12H22N2O2S/c1-4-10(8-17-3)14(2)12(16)9-5-6-11(15)13-7-9/h9-10H,4-8H2,1-3H3,(H,13,15). The van der Waals surface area contributed by atoms with Crippen LogP contribution in [-0.2, 0) is 9.59 Å². The summed E-state index contributed by atoms with van der Waals surface area (Å²) in [7, 11) is 1.88. The molecule has 98 valence electrons. The maximum absolute atomic E-state index is 12.2. The molecule has 0 bridgehead atoms. The minimum atomic E-state index is -0.0337. The molecule has 1 aliphatic heterocycles. The number of amides is 2. The van der Waals surface area contributed by atoms with Crippen LogP contribution in [0.25, 0.3) is 0 Å². The van der Waals surface area contributed by atoms with Gasteiger partial charge < -0.3 is 10.2 Å². The van der Waals surface area contributed by atoms with Crippen molar-refractivity contribution in [2.24, 2.45) is 5.92 Å². The van der Waals surface area contributed by atoms with Crippen molar-refractivity contribution in [1.29, 1.82) is 0 Å². The van der Waals surface area contributed by atoms with Crippen molar-refractivity contribution in [2.45, 2.75) is 32.2 Å². The maximum atomic E-state index is 12.2. The predicted molar refractivity (Wildman–Crippen MR) is 71.0 cm³/mol. The average molecular weight is 258 g/mol. The van der Waals surface area contributed by atoms with E-state index in [0.29, 0.717) is 25.4 Å². The molecule has 1 N–H and O–H groups in total. The predicted octanol–water partition coefficient (Wildman–Crippen LogP) is 1.11. The third-order valence-electron chi connectivity index (χ3n) is 3.34. The topological polar surface area (TPSA) is 49.4 Å². The number of nitrogens with zero attached hydrogens (tertiary/aromatic N) is 1. The molecular formula is C12H22N2O2S. The van der Waals surface area contributed by atoms with Crippen molar-refractivity contribution in [1.82, 2.24) is 10.2 Å². The van der Waals surface area contributed by atoms with Crippen molar-refractivity contribution in [2.75, 3.05) is 25.6 Å². The van der Waals surface area contributed by atoms with Gasteiger partial charge in [0, 0.05) is 31.8 Å². The number of nitrogens with one attached hydrogen (secondary N) is 1. The van der Waals surface area contributed by atoms with Crippen LogP contribution in [0.3, 0.4) is 0 Å². The second-order valence-electron chi connectivity index (χ2n) is 4.51. The molecule has 4 nitrogen and oxygen atoms in total. The first-order chi connectivity index (χ1) is 8.10. The molecule has 1 heterocycles. The van der Waals surface area contributed by atoms with Gasteiger partial charge in [0.15, 0.2) is 0 Å². The number of rotatable bonds is 5. The Balaban J connectivity index is 2.52. The van der Waals surface area contributed by atoms with Gasteiger partial charge in [-0.1, -0.05) is 6.92 Å². The van der Waals surface area contributed by atoms with E-state index in [1.165, 1.54) is 0 Å². The fraction of sp³-hybridized carbons (Fsp3) is 0.833. The van der Waals surface area contributed by atoms with Crippen LogP contribution in [0.4, 0.5) is 0 Å². The highest BCUT2D eigenvalue weighted by Gasteiger charge is 2.29. The van der Waals surface area contributed by atoms with Gasteiger partial charge in [0.05, 0.1) is 5.92 Å². The number of carbonyl (C=O) groups excluding carboxylic acids is 2. The van der Waals surface area contributed by atoms with Gasteiger partial charge in [-0.2, -0.15) is 11.8 Å². The van der Waals surface area contributed by atoms with Gasteiger partial charge >= 0.3 is 0 Å². The van der Waals surface area contributed by atoms with Gasteiger partial charge in [0.2, 0.25) is 11.8 Å². The number of piperidine rings is 1. The van der Waals surface area contributed by atoms with E-state index < -0.39 is 0 Å². The molecule has 1 rings (SSSR count). The van der Waals surface area contributed by atoms with E-state index in [-0.39, 0.29) is 17.7 Å². The molecule has 0 aliphatic carbocycles. The highest BCUT2D eigenvalue weighted by Crippen LogP contribution is 2.17. The largest absolute Gasteiger partial charge is 0.355 e. The molecule has 0 radical (unpaired) electrons. The number of thioether (sulfide) groups is 1. The maximum Gasteiger partial charge on any atom is 0.227 e. The summed E-state index contributed by atoms with van der Waals surface area (Å²) in [5, 5.41) is 2.77. The van der Waals surface area contributed by atoms with Crippen molar-refractivity contribution < 1.29 is 9.59 Å². The Morgan fingerprint density at radius 1 is 1.65 bits per heavy atom. The lowest BCUT2D eigenvalue weighted by atomic mass is 9.97. The van der Waals surface area contributed by atoms with E-state index in [1.807, 2.05) is 11.9 Å². The third-order valence-corrected chi connectivity index (χ3v) is 4.06. The van der Waals surface area contributed by atoms with E-state index in [4.69, 9.17) is 0 Å². The van der Waals surface area contributed by atoms with Crippen LogP contribution in [0.15, 0.2) is 0 Å². The summed E-state index contributed by atoms with van der Waals surface area (Å²) < 4.78 is 0. The zero-order chi connectivity index (χ0) is 12.8. The summed E-state index contributed by atoms with van der Waals surface area (Å²) >= 11 is 1.76. The van der Waals surface area contributed by atoms with Crippen LogP contribution in [0, 0.1) is 5.92 Å². The minimum absolute atomic E-state index is 0.0337. The van der Waals surface area contributed by atoms with Crippen molar-refractivity contribution in [3.63, 3.8) is 0 Å². The Morgan fingerprint density at radius 3 is 2.82 bits per heavy atom. The van der Waals surface area contributed by atoms with Crippen LogP contribution in [0.2, 0.25) is 0 Å².